The summed E-state index contributed by atoms with van der Waals surface area (Å²) in [6, 6.07) is 3.75. The first-order valence-electron chi connectivity index (χ1n) is 5.36. The van der Waals surface area contributed by atoms with Crippen LogP contribution >= 0.6 is 11.3 Å². The Kier molecular flexibility index (Phi) is 5.65. The predicted octanol–water partition coefficient (Wildman–Crippen LogP) is 0.730. The van der Waals surface area contributed by atoms with E-state index in [4.69, 9.17) is 10.8 Å². The lowest BCUT2D eigenvalue weighted by atomic mass is 10.3. The summed E-state index contributed by atoms with van der Waals surface area (Å²) in [5.74, 6) is -1.10. The van der Waals surface area contributed by atoms with Crippen molar-refractivity contribution < 1.29 is 14.7 Å². The molecule has 0 aliphatic rings. The monoisotopic (exact) mass is 256 g/mol. The third-order valence-corrected chi connectivity index (χ3v) is 3.20. The Morgan fingerprint density at radius 2 is 2.06 bits per heavy atom. The van der Waals surface area contributed by atoms with Crippen LogP contribution in [0, 0.1) is 0 Å². The van der Waals surface area contributed by atoms with Gasteiger partial charge in [-0.15, -0.1) is 11.3 Å². The summed E-state index contributed by atoms with van der Waals surface area (Å²) < 4.78 is 0. The van der Waals surface area contributed by atoms with Crippen LogP contribution in [0.1, 0.15) is 22.6 Å². The lowest BCUT2D eigenvalue weighted by Crippen LogP contribution is -2.17. The largest absolute Gasteiger partial charge is 0.481 e. The maximum Gasteiger partial charge on any atom is 0.308 e. The molecule has 0 fully saturated rings. The normalized spacial score (nSPS) is 10.4. The number of nitrogens with one attached hydrogen (secondary N) is 1. The first-order chi connectivity index (χ1) is 8.08. The second kappa shape index (κ2) is 7.03. The Morgan fingerprint density at radius 3 is 2.71 bits per heavy atom. The first kappa shape index (κ1) is 13.7. The van der Waals surface area contributed by atoms with E-state index in [1.165, 1.54) is 11.3 Å². The van der Waals surface area contributed by atoms with Crippen molar-refractivity contribution in [1.82, 2.24) is 5.32 Å². The molecule has 0 saturated carbocycles. The molecule has 0 spiro atoms. The molecule has 17 heavy (non-hydrogen) atoms. The van der Waals surface area contributed by atoms with Gasteiger partial charge in [0.25, 0.3) is 0 Å². The standard InChI is InChI=1S/C11H16N2O3S/c12-10(14)2-1-5-13-7-9-4-3-8(17-9)6-11(15)16/h3-4,13H,1-2,5-7H2,(H2,12,14)(H,15,16). The minimum absolute atomic E-state index is 0.0757. The van der Waals surface area contributed by atoms with Crippen molar-refractivity contribution in [1.29, 1.82) is 0 Å². The zero-order valence-electron chi connectivity index (χ0n) is 9.44. The number of carbonyl (C=O) groups is 2. The van der Waals surface area contributed by atoms with E-state index in [9.17, 15) is 9.59 Å². The molecule has 0 saturated heterocycles. The van der Waals surface area contributed by atoms with Gasteiger partial charge in [0, 0.05) is 22.7 Å². The third-order valence-electron chi connectivity index (χ3n) is 2.12. The smallest absolute Gasteiger partial charge is 0.308 e. The fourth-order valence-corrected chi connectivity index (χ4v) is 2.34. The number of hydrogen-bond acceptors (Lipinski definition) is 4. The molecule has 5 nitrogen and oxygen atoms in total. The summed E-state index contributed by atoms with van der Waals surface area (Å²) in [5, 5.41) is 11.8. The fraction of sp³-hybridized carbons (Fsp3) is 0.455. The number of aliphatic carboxylic acids is 1. The van der Waals surface area contributed by atoms with Gasteiger partial charge in [0.15, 0.2) is 0 Å². The molecule has 4 N–H and O–H groups in total. The second-order valence-electron chi connectivity index (χ2n) is 3.69. The number of thiophene rings is 1. The van der Waals surface area contributed by atoms with Crippen LogP contribution < -0.4 is 11.1 Å². The van der Waals surface area contributed by atoms with Gasteiger partial charge in [0.1, 0.15) is 0 Å². The number of rotatable bonds is 8. The van der Waals surface area contributed by atoms with Gasteiger partial charge in [-0.2, -0.15) is 0 Å². The van der Waals surface area contributed by atoms with E-state index in [1.54, 1.807) is 0 Å². The highest BCUT2D eigenvalue weighted by Crippen LogP contribution is 2.16. The van der Waals surface area contributed by atoms with E-state index in [0.29, 0.717) is 13.0 Å². The van der Waals surface area contributed by atoms with Gasteiger partial charge in [0.05, 0.1) is 6.42 Å². The van der Waals surface area contributed by atoms with Gasteiger partial charge in [-0.25, -0.2) is 0 Å². The Hall–Kier alpha value is -1.40. The summed E-state index contributed by atoms with van der Waals surface area (Å²) in [4.78, 5) is 22.9. The van der Waals surface area contributed by atoms with E-state index in [1.807, 2.05) is 12.1 Å². The number of amides is 1. The molecule has 0 aliphatic carbocycles. The molecule has 1 aromatic rings. The van der Waals surface area contributed by atoms with Crippen molar-refractivity contribution in [3.8, 4) is 0 Å². The van der Waals surface area contributed by atoms with Crippen molar-refractivity contribution in [3.05, 3.63) is 21.9 Å². The van der Waals surface area contributed by atoms with Crippen LogP contribution in [0.4, 0.5) is 0 Å². The number of primary amides is 1. The zero-order chi connectivity index (χ0) is 12.7. The number of nitrogens with two attached hydrogens (primary N) is 1. The molecule has 1 rings (SSSR count). The lowest BCUT2D eigenvalue weighted by Gasteiger charge is -2.01. The minimum Gasteiger partial charge on any atom is -0.481 e. The maximum absolute atomic E-state index is 10.5. The molecule has 1 amide bonds. The van der Waals surface area contributed by atoms with E-state index in [2.05, 4.69) is 5.32 Å². The van der Waals surface area contributed by atoms with Crippen LogP contribution in [0.15, 0.2) is 12.1 Å². The van der Waals surface area contributed by atoms with Crippen LogP contribution in [0.3, 0.4) is 0 Å². The van der Waals surface area contributed by atoms with Crippen LogP contribution in [0.25, 0.3) is 0 Å². The van der Waals surface area contributed by atoms with Gasteiger partial charge in [-0.1, -0.05) is 0 Å². The summed E-state index contributed by atoms with van der Waals surface area (Å²) in [5.41, 5.74) is 5.02. The lowest BCUT2D eigenvalue weighted by molar-refractivity contribution is -0.136. The van der Waals surface area contributed by atoms with E-state index < -0.39 is 5.97 Å². The number of carboxylic acids is 1. The SMILES string of the molecule is NC(=O)CCCNCc1ccc(CC(=O)O)s1. The quantitative estimate of drug-likeness (QED) is 0.598. The number of hydrogen-bond donors (Lipinski definition) is 3. The molecular weight excluding hydrogens is 240 g/mol. The fourth-order valence-electron chi connectivity index (χ4n) is 1.36. The van der Waals surface area contributed by atoms with Crippen molar-refractivity contribution in [3.63, 3.8) is 0 Å². The highest BCUT2D eigenvalue weighted by Gasteiger charge is 2.04. The van der Waals surface area contributed by atoms with Crippen molar-refractivity contribution >= 4 is 23.2 Å². The van der Waals surface area contributed by atoms with Crippen LogP contribution in [-0.2, 0) is 22.6 Å². The molecule has 0 radical (unpaired) electrons. The highest BCUT2D eigenvalue weighted by molar-refractivity contribution is 7.12. The summed E-state index contributed by atoms with van der Waals surface area (Å²) in [6.07, 6.45) is 1.19. The molecule has 1 heterocycles. The van der Waals surface area contributed by atoms with Gasteiger partial charge < -0.3 is 16.2 Å². The summed E-state index contributed by atoms with van der Waals surface area (Å²) in [7, 11) is 0. The van der Waals surface area contributed by atoms with Crippen molar-refractivity contribution in [2.24, 2.45) is 5.73 Å². The number of carboxylic acid groups (broad SMARTS) is 1. The first-order valence-corrected chi connectivity index (χ1v) is 6.18. The average Bonchev–Trinajstić information content (AvgIpc) is 2.63. The molecule has 0 aromatic carbocycles. The number of carbonyl (C=O) groups excluding carboxylic acids is 1. The van der Waals surface area contributed by atoms with Gasteiger partial charge in [0.2, 0.25) is 5.91 Å². The Morgan fingerprint density at radius 1 is 1.35 bits per heavy atom. The summed E-state index contributed by atoms with van der Waals surface area (Å²) in [6.45, 7) is 1.43. The minimum atomic E-state index is -0.812. The van der Waals surface area contributed by atoms with Gasteiger partial charge >= 0.3 is 5.97 Å². The summed E-state index contributed by atoms with van der Waals surface area (Å²) >= 11 is 1.49. The molecule has 6 heteroatoms. The molecule has 0 bridgehead atoms. The molecular formula is C11H16N2O3S. The topological polar surface area (TPSA) is 92.4 Å². The van der Waals surface area contributed by atoms with Crippen molar-refractivity contribution in [2.45, 2.75) is 25.8 Å². The highest BCUT2D eigenvalue weighted by atomic mass is 32.1. The Bertz CT molecular complexity index is 390. The third kappa shape index (κ3) is 6.03. The van der Waals surface area contributed by atoms with Crippen LogP contribution in [-0.4, -0.2) is 23.5 Å². The second-order valence-corrected chi connectivity index (χ2v) is 4.94. The molecule has 0 aliphatic heterocycles. The van der Waals surface area contributed by atoms with Gasteiger partial charge in [-0.05, 0) is 25.1 Å². The van der Waals surface area contributed by atoms with Gasteiger partial charge in [-0.3, -0.25) is 9.59 Å². The van der Waals surface area contributed by atoms with Crippen LogP contribution in [0.5, 0.6) is 0 Å². The van der Waals surface area contributed by atoms with E-state index in [0.717, 1.165) is 22.7 Å². The predicted molar refractivity (Wildman–Crippen MR) is 65.8 cm³/mol. The average molecular weight is 256 g/mol. The molecule has 0 atom stereocenters. The molecule has 0 unspecified atom stereocenters. The maximum atomic E-state index is 10.5. The Labute approximate surface area is 104 Å². The van der Waals surface area contributed by atoms with E-state index in [-0.39, 0.29) is 12.3 Å². The van der Waals surface area contributed by atoms with Crippen LogP contribution in [0.2, 0.25) is 0 Å². The van der Waals surface area contributed by atoms with Crippen molar-refractivity contribution in [2.75, 3.05) is 6.54 Å². The zero-order valence-corrected chi connectivity index (χ0v) is 10.3. The molecule has 1 aromatic heterocycles. The van der Waals surface area contributed by atoms with E-state index >= 15 is 0 Å². The Balaban J connectivity index is 2.21. The molecule has 94 valence electrons.